The summed E-state index contributed by atoms with van der Waals surface area (Å²) in [6, 6.07) is 7.25. The average Bonchev–Trinajstić information content (AvgIpc) is 3.78. The van der Waals surface area contributed by atoms with Gasteiger partial charge in [0.25, 0.3) is 0 Å². The van der Waals surface area contributed by atoms with Gasteiger partial charge < -0.3 is 9.47 Å². The maximum Gasteiger partial charge on any atom is 0.416 e. The Hall–Kier alpha value is -2.75. The number of halogens is 6. The van der Waals surface area contributed by atoms with Gasteiger partial charge in [-0.3, -0.25) is 9.69 Å². The third kappa shape index (κ3) is 5.95. The fraction of sp³-hybridized carbons (Fsp3) is 0.618. The highest BCUT2D eigenvalue weighted by Gasteiger charge is 2.49. The number of benzene rings is 2. The zero-order valence-electron chi connectivity index (χ0n) is 25.2. The van der Waals surface area contributed by atoms with Gasteiger partial charge in [-0.15, -0.1) is 0 Å². The van der Waals surface area contributed by atoms with Crippen LogP contribution in [0.1, 0.15) is 85.7 Å². The van der Waals surface area contributed by atoms with E-state index in [-0.39, 0.29) is 47.2 Å². The van der Waals surface area contributed by atoms with Crippen molar-refractivity contribution in [3.63, 3.8) is 0 Å². The summed E-state index contributed by atoms with van der Waals surface area (Å²) in [7, 11) is 1.42. The van der Waals surface area contributed by atoms with Crippen LogP contribution in [0.4, 0.5) is 26.3 Å². The van der Waals surface area contributed by atoms with Crippen LogP contribution in [0.15, 0.2) is 36.4 Å². The molecular weight excluding hydrogens is 584 g/mol. The van der Waals surface area contributed by atoms with Crippen molar-refractivity contribution in [1.82, 2.24) is 4.90 Å². The lowest BCUT2D eigenvalue weighted by Crippen LogP contribution is -2.49. The van der Waals surface area contributed by atoms with Gasteiger partial charge in [0, 0.05) is 25.0 Å². The number of piperidine rings is 1. The number of rotatable bonds is 7. The van der Waals surface area contributed by atoms with E-state index >= 15 is 0 Å². The van der Waals surface area contributed by atoms with Crippen LogP contribution in [0.2, 0.25) is 0 Å². The first-order valence-electron chi connectivity index (χ1n) is 15.7. The van der Waals surface area contributed by atoms with Crippen molar-refractivity contribution in [3.05, 3.63) is 64.2 Å². The summed E-state index contributed by atoms with van der Waals surface area (Å²) >= 11 is 0. The molecule has 4 nitrogen and oxygen atoms in total. The number of fused-ring (bicyclic) bond motifs is 3. The molecule has 4 aliphatic rings. The highest BCUT2D eigenvalue weighted by molar-refractivity contribution is 5.73. The molecule has 0 N–H and O–H groups in total. The van der Waals surface area contributed by atoms with E-state index in [0.29, 0.717) is 37.2 Å². The molecule has 2 unspecified atom stereocenters. The largest absolute Gasteiger partial charge is 0.490 e. The van der Waals surface area contributed by atoms with Crippen LogP contribution in [0.5, 0.6) is 5.75 Å². The quantitative estimate of drug-likeness (QED) is 0.229. The number of carbonyl (C=O) groups is 1. The zero-order chi connectivity index (χ0) is 31.6. The highest BCUT2D eigenvalue weighted by Crippen LogP contribution is 2.51. The van der Waals surface area contributed by atoms with Gasteiger partial charge in [-0.05, 0) is 110 Å². The molecule has 0 radical (unpaired) electrons. The minimum Gasteiger partial charge on any atom is -0.490 e. The van der Waals surface area contributed by atoms with Crippen LogP contribution in [0.25, 0.3) is 0 Å². The predicted molar refractivity (Wildman–Crippen MR) is 152 cm³/mol. The number of methoxy groups -OCH3 is 1. The van der Waals surface area contributed by atoms with E-state index < -0.39 is 29.5 Å². The molecule has 2 aromatic carbocycles. The molecule has 0 amide bonds. The number of ether oxygens (including phenoxy) is 2. The first kappa shape index (κ1) is 31.2. The smallest absolute Gasteiger partial charge is 0.416 e. The fourth-order valence-electron chi connectivity index (χ4n) is 8.41. The lowest BCUT2D eigenvalue weighted by atomic mass is 9.77. The lowest BCUT2D eigenvalue weighted by molar-refractivity contribution is -0.146. The molecule has 240 valence electrons. The topological polar surface area (TPSA) is 38.8 Å². The first-order chi connectivity index (χ1) is 20.8. The second kappa shape index (κ2) is 11.6. The monoisotopic (exact) mass is 623 g/mol. The van der Waals surface area contributed by atoms with E-state index in [4.69, 9.17) is 9.47 Å². The van der Waals surface area contributed by atoms with Crippen molar-refractivity contribution in [2.24, 2.45) is 29.6 Å². The Morgan fingerprint density at radius 3 is 2.18 bits per heavy atom. The summed E-state index contributed by atoms with van der Waals surface area (Å²) in [4.78, 5) is 14.4. The lowest BCUT2D eigenvalue weighted by Gasteiger charge is -2.45. The maximum atomic E-state index is 13.9. The molecule has 0 spiro atoms. The molecule has 1 saturated heterocycles. The van der Waals surface area contributed by atoms with Crippen molar-refractivity contribution in [1.29, 1.82) is 0 Å². The maximum absolute atomic E-state index is 13.9. The molecule has 2 saturated carbocycles. The Labute approximate surface area is 254 Å². The van der Waals surface area contributed by atoms with Crippen LogP contribution in [0.3, 0.4) is 0 Å². The van der Waals surface area contributed by atoms with Crippen LogP contribution < -0.4 is 4.74 Å². The molecular formula is C34H39F6NO3. The minimum atomic E-state index is -4.75. The second-order valence-electron chi connectivity index (χ2n) is 13.3. The van der Waals surface area contributed by atoms with Gasteiger partial charge in [0.2, 0.25) is 0 Å². The van der Waals surface area contributed by atoms with Crippen molar-refractivity contribution < 1.29 is 40.6 Å². The number of hydrogen-bond acceptors (Lipinski definition) is 4. The Balaban J connectivity index is 1.20. The molecule has 2 aliphatic heterocycles. The summed E-state index contributed by atoms with van der Waals surface area (Å²) in [5.41, 5.74) is -0.192. The standard InChI is InChI=1S/C34H39F6NO3/c1-18(32(42)43-3)30(21-5-6-21)22-7-4-20-10-13-28(44-29(20)14-22)31-23-8-9-24(31)17-41(16-23)19(2)26-15-25(33(35,36)37)11-12-27(26)34(38,39)40/h4,7,11-12,14-15,18-19,21,23-24,28,30-31H,5-6,8-10,13,16-17H2,1-3H3/t18-,19+,23-,24+,28?,30-,31?/m0/s1. The Morgan fingerprint density at radius 1 is 0.909 bits per heavy atom. The van der Waals surface area contributed by atoms with Crippen molar-refractivity contribution in [2.75, 3.05) is 20.2 Å². The van der Waals surface area contributed by atoms with Gasteiger partial charge in [-0.2, -0.15) is 26.3 Å². The van der Waals surface area contributed by atoms with Crippen molar-refractivity contribution >= 4 is 5.97 Å². The Bertz CT molecular complexity index is 1370. The first-order valence-corrected chi connectivity index (χ1v) is 15.7. The predicted octanol–water partition coefficient (Wildman–Crippen LogP) is 8.44. The summed E-state index contributed by atoms with van der Waals surface area (Å²) in [6.07, 6.45) is -3.82. The van der Waals surface area contributed by atoms with Gasteiger partial charge in [-0.1, -0.05) is 19.1 Å². The molecule has 6 rings (SSSR count). The van der Waals surface area contributed by atoms with Gasteiger partial charge in [0.1, 0.15) is 11.9 Å². The van der Waals surface area contributed by atoms with Gasteiger partial charge >= 0.3 is 18.3 Å². The van der Waals surface area contributed by atoms with E-state index in [1.807, 2.05) is 11.8 Å². The normalized spacial score (nSPS) is 27.7. The number of carbonyl (C=O) groups excluding carboxylic acids is 1. The molecule has 2 bridgehead atoms. The highest BCUT2D eigenvalue weighted by atomic mass is 19.4. The number of aryl methyl sites for hydroxylation is 1. The van der Waals surface area contributed by atoms with Gasteiger partial charge in [-0.25, -0.2) is 0 Å². The van der Waals surface area contributed by atoms with Crippen LogP contribution >= 0.6 is 0 Å². The summed E-state index contributed by atoms with van der Waals surface area (Å²) in [5, 5.41) is 0. The minimum absolute atomic E-state index is 0.0376. The van der Waals surface area contributed by atoms with Crippen LogP contribution in [-0.2, 0) is 28.3 Å². The van der Waals surface area contributed by atoms with Crippen LogP contribution in [0, 0.1) is 29.6 Å². The third-order valence-electron chi connectivity index (χ3n) is 10.7. The van der Waals surface area contributed by atoms with Gasteiger partial charge in [0.05, 0.1) is 24.2 Å². The fourth-order valence-corrected chi connectivity index (χ4v) is 8.41. The number of likely N-dealkylation sites (tertiary alicyclic amines) is 1. The molecule has 10 heteroatoms. The number of nitrogens with zero attached hydrogens (tertiary/aromatic N) is 1. The Morgan fingerprint density at radius 2 is 1.59 bits per heavy atom. The molecule has 44 heavy (non-hydrogen) atoms. The molecule has 0 aromatic heterocycles. The molecule has 3 fully saturated rings. The van der Waals surface area contributed by atoms with E-state index in [1.54, 1.807) is 6.92 Å². The van der Waals surface area contributed by atoms with Crippen LogP contribution in [-0.4, -0.2) is 37.2 Å². The molecule has 2 aliphatic carbocycles. The summed E-state index contributed by atoms with van der Waals surface area (Å²) in [6.45, 7) is 4.54. The average molecular weight is 624 g/mol. The molecule has 2 aromatic rings. The summed E-state index contributed by atoms with van der Waals surface area (Å²) < 4.78 is 93.8. The second-order valence-corrected chi connectivity index (χ2v) is 13.3. The van der Waals surface area contributed by atoms with E-state index in [0.717, 1.165) is 55.4 Å². The molecule has 2 heterocycles. The summed E-state index contributed by atoms with van der Waals surface area (Å²) in [5.74, 6) is 1.47. The van der Waals surface area contributed by atoms with E-state index in [9.17, 15) is 31.1 Å². The number of alkyl halides is 6. The van der Waals surface area contributed by atoms with E-state index in [2.05, 4.69) is 18.2 Å². The molecule has 7 atom stereocenters. The van der Waals surface area contributed by atoms with Gasteiger partial charge in [0.15, 0.2) is 0 Å². The zero-order valence-corrected chi connectivity index (χ0v) is 25.2. The van der Waals surface area contributed by atoms with E-state index in [1.165, 1.54) is 7.11 Å². The van der Waals surface area contributed by atoms with Crippen molar-refractivity contribution in [3.8, 4) is 5.75 Å². The Kier molecular flexibility index (Phi) is 8.21. The third-order valence-corrected chi connectivity index (χ3v) is 10.7. The van der Waals surface area contributed by atoms with Crippen molar-refractivity contribution in [2.45, 2.75) is 82.8 Å². The number of esters is 1. The number of hydrogen-bond donors (Lipinski definition) is 0. The SMILES string of the molecule is COC(=O)[C@@H](C)[C@H](c1ccc2c(c1)OC(C1[C@@H]3CC[C@H]1CN([C@H](C)c1cc(C(F)(F)F)ccc1C(F)(F)F)C3)CC2)C1CC1.